The van der Waals surface area contributed by atoms with Crippen LogP contribution in [0.2, 0.25) is 0 Å². The summed E-state index contributed by atoms with van der Waals surface area (Å²) in [6.45, 7) is 0. The molecule has 4 aromatic carbocycles. The van der Waals surface area contributed by atoms with Crippen molar-refractivity contribution >= 4 is 22.2 Å². The first-order valence-electron chi connectivity index (χ1n) is 9.89. The lowest BCUT2D eigenvalue weighted by Gasteiger charge is -2.00. The van der Waals surface area contributed by atoms with Crippen LogP contribution in [0.5, 0.6) is 5.75 Å². The van der Waals surface area contributed by atoms with Gasteiger partial charge < -0.3 is 13.9 Å². The second-order valence-corrected chi connectivity index (χ2v) is 7.32. The molecule has 0 atom stereocenters. The molecule has 0 aliphatic carbocycles. The summed E-state index contributed by atoms with van der Waals surface area (Å²) < 4.78 is 12.0. The Morgan fingerprint density at radius 3 is 1.55 bits per heavy atom. The van der Waals surface area contributed by atoms with Crippen molar-refractivity contribution in [1.29, 1.82) is 0 Å². The van der Waals surface area contributed by atoms with Gasteiger partial charge in [0, 0.05) is 11.1 Å². The van der Waals surface area contributed by atoms with Crippen molar-refractivity contribution in [3.63, 3.8) is 0 Å². The standard InChI is InChI=1S/C26H16N2O3/c29-20-10-6-17(7-11-20)26-28-22-13-9-19(15-24(22)31-26)18-8-12-21-23(14-18)30-25(27-21)16-4-2-1-3-5-16/h1-15,29H. The van der Waals surface area contributed by atoms with E-state index in [0.717, 1.165) is 38.9 Å². The van der Waals surface area contributed by atoms with Crippen molar-refractivity contribution in [2.24, 2.45) is 0 Å². The van der Waals surface area contributed by atoms with E-state index >= 15 is 0 Å². The topological polar surface area (TPSA) is 72.3 Å². The molecule has 0 saturated carbocycles. The van der Waals surface area contributed by atoms with Gasteiger partial charge in [0.1, 0.15) is 16.8 Å². The monoisotopic (exact) mass is 404 g/mol. The molecule has 0 fully saturated rings. The summed E-state index contributed by atoms with van der Waals surface area (Å²) in [5.74, 6) is 1.34. The number of oxazole rings is 2. The Labute approximate surface area is 177 Å². The number of rotatable bonds is 3. The molecule has 0 radical (unpaired) electrons. The van der Waals surface area contributed by atoms with Crippen molar-refractivity contribution in [2.75, 3.05) is 0 Å². The molecule has 1 N–H and O–H groups in total. The predicted octanol–water partition coefficient (Wildman–Crippen LogP) is 6.68. The second kappa shape index (κ2) is 6.85. The third kappa shape index (κ3) is 3.13. The van der Waals surface area contributed by atoms with E-state index in [1.54, 1.807) is 24.3 Å². The van der Waals surface area contributed by atoms with Gasteiger partial charge in [-0.3, -0.25) is 0 Å². The van der Waals surface area contributed by atoms with Crippen LogP contribution in [-0.2, 0) is 0 Å². The van der Waals surface area contributed by atoms with Gasteiger partial charge in [-0.2, -0.15) is 0 Å². The van der Waals surface area contributed by atoms with E-state index < -0.39 is 0 Å². The molecule has 31 heavy (non-hydrogen) atoms. The summed E-state index contributed by atoms with van der Waals surface area (Å²) >= 11 is 0. The van der Waals surface area contributed by atoms with Crippen molar-refractivity contribution < 1.29 is 13.9 Å². The molecule has 6 rings (SSSR count). The lowest BCUT2D eigenvalue weighted by atomic mass is 10.1. The molecule has 2 heterocycles. The van der Waals surface area contributed by atoms with E-state index in [1.165, 1.54) is 0 Å². The van der Waals surface area contributed by atoms with Crippen LogP contribution in [0.15, 0.2) is 99.8 Å². The van der Waals surface area contributed by atoms with Crippen molar-refractivity contribution in [1.82, 2.24) is 9.97 Å². The van der Waals surface area contributed by atoms with Gasteiger partial charge in [0.05, 0.1) is 0 Å². The molecule has 2 aromatic heterocycles. The zero-order valence-electron chi connectivity index (χ0n) is 16.3. The Hall–Kier alpha value is -4.38. The maximum atomic E-state index is 9.48. The minimum absolute atomic E-state index is 0.209. The normalized spacial score (nSPS) is 11.4. The summed E-state index contributed by atoms with van der Waals surface area (Å²) in [5, 5.41) is 9.48. The van der Waals surface area contributed by atoms with E-state index in [4.69, 9.17) is 8.83 Å². The number of phenolic OH excluding ortho intramolecular Hbond substituents is 1. The minimum atomic E-state index is 0.209. The van der Waals surface area contributed by atoms with Crippen LogP contribution in [-0.4, -0.2) is 15.1 Å². The van der Waals surface area contributed by atoms with E-state index in [9.17, 15) is 5.11 Å². The molecule has 5 heteroatoms. The Kier molecular flexibility index (Phi) is 3.86. The predicted molar refractivity (Wildman–Crippen MR) is 120 cm³/mol. The van der Waals surface area contributed by atoms with Crippen molar-refractivity contribution in [3.8, 4) is 39.8 Å². The van der Waals surface area contributed by atoms with Crippen LogP contribution in [0.1, 0.15) is 0 Å². The average Bonchev–Trinajstić information content (AvgIpc) is 3.43. The van der Waals surface area contributed by atoms with Crippen LogP contribution in [0.25, 0.3) is 56.2 Å². The van der Waals surface area contributed by atoms with Gasteiger partial charge in [-0.25, -0.2) is 9.97 Å². The number of phenols is 1. The van der Waals surface area contributed by atoms with Crippen LogP contribution in [0.3, 0.4) is 0 Å². The molecule has 0 aliphatic rings. The van der Waals surface area contributed by atoms with Crippen molar-refractivity contribution in [2.45, 2.75) is 0 Å². The Morgan fingerprint density at radius 1 is 0.516 bits per heavy atom. The van der Waals surface area contributed by atoms with E-state index in [1.807, 2.05) is 66.7 Å². The van der Waals surface area contributed by atoms with E-state index in [2.05, 4.69) is 9.97 Å². The number of hydrogen-bond donors (Lipinski definition) is 1. The Morgan fingerprint density at radius 2 is 1.00 bits per heavy atom. The van der Waals surface area contributed by atoms with E-state index in [0.29, 0.717) is 17.4 Å². The Balaban J connectivity index is 1.39. The maximum Gasteiger partial charge on any atom is 0.227 e. The lowest BCUT2D eigenvalue weighted by molar-refractivity contribution is 0.475. The fourth-order valence-corrected chi connectivity index (χ4v) is 3.64. The highest BCUT2D eigenvalue weighted by atomic mass is 16.4. The first kappa shape index (κ1) is 17.5. The number of nitrogens with zero attached hydrogens (tertiary/aromatic N) is 2. The number of benzene rings is 4. The molecule has 0 amide bonds. The minimum Gasteiger partial charge on any atom is -0.508 e. The fourth-order valence-electron chi connectivity index (χ4n) is 3.64. The van der Waals surface area contributed by atoms with Crippen LogP contribution < -0.4 is 0 Å². The zero-order chi connectivity index (χ0) is 20.8. The molecule has 0 aliphatic heterocycles. The van der Waals surface area contributed by atoms with Gasteiger partial charge in [-0.15, -0.1) is 0 Å². The number of fused-ring (bicyclic) bond motifs is 2. The largest absolute Gasteiger partial charge is 0.508 e. The summed E-state index contributed by atoms with van der Waals surface area (Å²) in [5.41, 5.74) is 6.80. The Bertz CT molecular complexity index is 1530. The highest BCUT2D eigenvalue weighted by Gasteiger charge is 2.12. The van der Waals surface area contributed by atoms with Gasteiger partial charge in [-0.1, -0.05) is 30.3 Å². The SMILES string of the molecule is Oc1ccc(-c2nc3ccc(-c4ccc5nc(-c6ccccc6)oc5c4)cc3o2)cc1. The first-order chi connectivity index (χ1) is 15.2. The van der Waals surface area contributed by atoms with Crippen LogP contribution >= 0.6 is 0 Å². The molecular formula is C26H16N2O3. The molecule has 148 valence electrons. The maximum absolute atomic E-state index is 9.48. The van der Waals surface area contributed by atoms with Gasteiger partial charge in [0.25, 0.3) is 0 Å². The first-order valence-corrected chi connectivity index (χ1v) is 9.89. The van der Waals surface area contributed by atoms with E-state index in [-0.39, 0.29) is 5.75 Å². The number of aromatic hydroxyl groups is 1. The lowest BCUT2D eigenvalue weighted by Crippen LogP contribution is -1.78. The second-order valence-electron chi connectivity index (χ2n) is 7.32. The summed E-state index contributed by atoms with van der Waals surface area (Å²) in [4.78, 5) is 9.16. The van der Waals surface area contributed by atoms with Crippen molar-refractivity contribution in [3.05, 3.63) is 91.0 Å². The fraction of sp³-hybridized carbons (Fsp3) is 0. The molecule has 5 nitrogen and oxygen atoms in total. The van der Waals surface area contributed by atoms with Gasteiger partial charge >= 0.3 is 0 Å². The average molecular weight is 404 g/mol. The van der Waals surface area contributed by atoms with Gasteiger partial charge in [-0.05, 0) is 71.8 Å². The summed E-state index contributed by atoms with van der Waals surface area (Å²) in [6.07, 6.45) is 0. The summed E-state index contributed by atoms with van der Waals surface area (Å²) in [7, 11) is 0. The molecular weight excluding hydrogens is 388 g/mol. The third-order valence-electron chi connectivity index (χ3n) is 5.25. The number of hydrogen-bond acceptors (Lipinski definition) is 5. The molecule has 0 spiro atoms. The summed E-state index contributed by atoms with van der Waals surface area (Å²) in [6, 6.07) is 28.6. The third-order valence-corrected chi connectivity index (χ3v) is 5.25. The zero-order valence-corrected chi connectivity index (χ0v) is 16.3. The highest BCUT2D eigenvalue weighted by Crippen LogP contribution is 2.32. The molecule has 6 aromatic rings. The smallest absolute Gasteiger partial charge is 0.227 e. The quantitative estimate of drug-likeness (QED) is 0.356. The highest BCUT2D eigenvalue weighted by molar-refractivity contribution is 5.86. The van der Waals surface area contributed by atoms with Crippen LogP contribution in [0.4, 0.5) is 0 Å². The number of aromatic nitrogens is 2. The molecule has 0 bridgehead atoms. The molecule has 0 unspecified atom stereocenters. The molecule has 0 saturated heterocycles. The van der Waals surface area contributed by atoms with Gasteiger partial charge in [0.2, 0.25) is 11.8 Å². The van der Waals surface area contributed by atoms with Gasteiger partial charge in [0.15, 0.2) is 11.2 Å². The van der Waals surface area contributed by atoms with Crippen LogP contribution in [0, 0.1) is 0 Å².